The lowest BCUT2D eigenvalue weighted by atomic mass is 9.99. The maximum atomic E-state index is 12.3. The van der Waals surface area contributed by atoms with Gasteiger partial charge >= 0.3 is 0 Å². The van der Waals surface area contributed by atoms with E-state index >= 15 is 0 Å². The van der Waals surface area contributed by atoms with Crippen LogP contribution in [0.1, 0.15) is 26.2 Å². The molecule has 20 heavy (non-hydrogen) atoms. The van der Waals surface area contributed by atoms with Gasteiger partial charge in [0.25, 0.3) is 10.2 Å². The average Bonchev–Trinajstić information content (AvgIpc) is 2.93. The van der Waals surface area contributed by atoms with Crippen LogP contribution in [-0.4, -0.2) is 63.4 Å². The van der Waals surface area contributed by atoms with Crippen molar-refractivity contribution in [2.24, 2.45) is 17.6 Å². The van der Waals surface area contributed by atoms with Gasteiger partial charge in [-0.25, -0.2) is 4.72 Å². The number of nitrogens with two attached hydrogens (primary N) is 1. The Labute approximate surface area is 122 Å². The minimum absolute atomic E-state index is 0.450. The Bertz CT molecular complexity index is 393. The quantitative estimate of drug-likeness (QED) is 0.714. The largest absolute Gasteiger partial charge is 0.330 e. The summed E-state index contributed by atoms with van der Waals surface area (Å²) in [6, 6.07) is 0. The normalized spacial score (nSPS) is 27.2. The van der Waals surface area contributed by atoms with Crippen LogP contribution in [0.25, 0.3) is 0 Å². The van der Waals surface area contributed by atoms with Crippen LogP contribution in [0.5, 0.6) is 0 Å². The summed E-state index contributed by atoms with van der Waals surface area (Å²) in [5.41, 5.74) is 5.64. The Morgan fingerprint density at radius 3 is 2.35 bits per heavy atom. The van der Waals surface area contributed by atoms with Gasteiger partial charge in [-0.15, -0.1) is 0 Å². The van der Waals surface area contributed by atoms with Crippen molar-refractivity contribution in [1.29, 1.82) is 0 Å². The molecule has 0 aromatic rings. The van der Waals surface area contributed by atoms with Crippen molar-refractivity contribution in [3.8, 4) is 0 Å². The monoisotopic (exact) mass is 304 g/mol. The highest BCUT2D eigenvalue weighted by molar-refractivity contribution is 7.87. The van der Waals surface area contributed by atoms with E-state index in [9.17, 15) is 8.42 Å². The molecule has 2 aliphatic heterocycles. The third-order valence-corrected chi connectivity index (χ3v) is 6.19. The van der Waals surface area contributed by atoms with Crippen molar-refractivity contribution in [3.63, 3.8) is 0 Å². The Morgan fingerprint density at radius 1 is 1.15 bits per heavy atom. The first kappa shape index (κ1) is 16.2. The number of hydrogen-bond donors (Lipinski definition) is 2. The number of likely N-dealkylation sites (tertiary alicyclic amines) is 1. The molecule has 3 N–H and O–H groups in total. The van der Waals surface area contributed by atoms with Crippen molar-refractivity contribution >= 4 is 10.2 Å². The van der Waals surface area contributed by atoms with Crippen LogP contribution in [0.4, 0.5) is 0 Å². The predicted molar refractivity (Wildman–Crippen MR) is 80.5 cm³/mol. The maximum absolute atomic E-state index is 12.3. The molecule has 2 aliphatic rings. The highest BCUT2D eigenvalue weighted by atomic mass is 32.2. The highest BCUT2D eigenvalue weighted by Gasteiger charge is 2.29. The molecule has 0 aromatic carbocycles. The number of nitrogens with zero attached hydrogens (tertiary/aromatic N) is 2. The molecule has 0 aliphatic carbocycles. The summed E-state index contributed by atoms with van der Waals surface area (Å²) in [4.78, 5) is 2.37. The first-order valence-corrected chi connectivity index (χ1v) is 9.16. The van der Waals surface area contributed by atoms with Gasteiger partial charge < -0.3 is 10.6 Å². The molecule has 0 radical (unpaired) electrons. The van der Waals surface area contributed by atoms with E-state index in [-0.39, 0.29) is 0 Å². The minimum atomic E-state index is -3.30. The second kappa shape index (κ2) is 7.17. The van der Waals surface area contributed by atoms with Crippen LogP contribution in [-0.2, 0) is 10.2 Å². The first-order chi connectivity index (χ1) is 9.55. The van der Waals surface area contributed by atoms with Gasteiger partial charge in [0.2, 0.25) is 0 Å². The molecule has 2 rings (SSSR count). The van der Waals surface area contributed by atoms with E-state index in [0.717, 1.165) is 38.9 Å². The molecular weight excluding hydrogens is 276 g/mol. The summed E-state index contributed by atoms with van der Waals surface area (Å²) in [6.07, 6.45) is 2.85. The van der Waals surface area contributed by atoms with Crippen molar-refractivity contribution in [1.82, 2.24) is 13.9 Å². The van der Waals surface area contributed by atoms with Crippen LogP contribution in [0.15, 0.2) is 0 Å². The summed E-state index contributed by atoms with van der Waals surface area (Å²) < 4.78 is 28.9. The van der Waals surface area contributed by atoms with Crippen molar-refractivity contribution in [2.45, 2.75) is 26.2 Å². The second-order valence-electron chi connectivity index (χ2n) is 5.98. The van der Waals surface area contributed by atoms with Crippen LogP contribution in [0.3, 0.4) is 0 Å². The predicted octanol–water partition coefficient (Wildman–Crippen LogP) is -0.167. The third kappa shape index (κ3) is 4.14. The summed E-state index contributed by atoms with van der Waals surface area (Å²) in [5, 5.41) is 0. The third-order valence-electron chi connectivity index (χ3n) is 4.62. The molecule has 1 atom stereocenters. The molecule has 2 saturated heterocycles. The number of nitrogens with one attached hydrogen (secondary N) is 1. The molecule has 0 bridgehead atoms. The van der Waals surface area contributed by atoms with E-state index in [1.54, 1.807) is 4.31 Å². The Hall–Kier alpha value is -0.210. The van der Waals surface area contributed by atoms with E-state index in [1.165, 1.54) is 0 Å². The van der Waals surface area contributed by atoms with Gasteiger partial charge in [-0.3, -0.25) is 0 Å². The van der Waals surface area contributed by atoms with E-state index in [4.69, 9.17) is 5.73 Å². The summed E-state index contributed by atoms with van der Waals surface area (Å²) >= 11 is 0. The zero-order chi connectivity index (χ0) is 14.6. The van der Waals surface area contributed by atoms with Gasteiger partial charge in [-0.05, 0) is 50.7 Å². The maximum Gasteiger partial charge on any atom is 0.279 e. The number of hydrogen-bond acceptors (Lipinski definition) is 4. The Kier molecular flexibility index (Phi) is 5.80. The molecule has 6 nitrogen and oxygen atoms in total. The van der Waals surface area contributed by atoms with Gasteiger partial charge in [-0.1, -0.05) is 6.92 Å². The average molecular weight is 304 g/mol. The Balaban J connectivity index is 1.77. The fourth-order valence-corrected chi connectivity index (χ4v) is 4.39. The zero-order valence-corrected chi connectivity index (χ0v) is 13.2. The van der Waals surface area contributed by atoms with Crippen LogP contribution < -0.4 is 10.5 Å². The highest BCUT2D eigenvalue weighted by Crippen LogP contribution is 2.19. The van der Waals surface area contributed by atoms with Gasteiger partial charge in [-0.2, -0.15) is 12.7 Å². The fourth-order valence-electron chi connectivity index (χ4n) is 3.07. The van der Waals surface area contributed by atoms with E-state index < -0.39 is 10.2 Å². The summed E-state index contributed by atoms with van der Waals surface area (Å²) in [7, 11) is -3.30. The van der Waals surface area contributed by atoms with Crippen LogP contribution >= 0.6 is 0 Å². The topological polar surface area (TPSA) is 78.7 Å². The Morgan fingerprint density at radius 2 is 1.80 bits per heavy atom. The summed E-state index contributed by atoms with van der Waals surface area (Å²) in [5.74, 6) is 0.931. The molecule has 2 fully saturated rings. The first-order valence-electron chi connectivity index (χ1n) is 7.72. The molecule has 2 heterocycles. The SMILES string of the molecule is CCN1CCC(CNS(=O)(=O)N2CCC(CN)CC2)C1. The number of rotatable bonds is 6. The van der Waals surface area contributed by atoms with E-state index in [2.05, 4.69) is 16.5 Å². The number of piperidine rings is 1. The minimum Gasteiger partial charge on any atom is -0.330 e. The van der Waals surface area contributed by atoms with Crippen LogP contribution in [0.2, 0.25) is 0 Å². The fraction of sp³-hybridized carbons (Fsp3) is 1.00. The van der Waals surface area contributed by atoms with E-state index in [0.29, 0.717) is 38.0 Å². The van der Waals surface area contributed by atoms with Crippen molar-refractivity contribution in [3.05, 3.63) is 0 Å². The molecule has 1 unspecified atom stereocenters. The van der Waals surface area contributed by atoms with Gasteiger partial charge in [0, 0.05) is 26.2 Å². The molecule has 0 amide bonds. The lowest BCUT2D eigenvalue weighted by Crippen LogP contribution is -2.47. The molecule has 0 saturated carbocycles. The second-order valence-corrected chi connectivity index (χ2v) is 7.73. The summed E-state index contributed by atoms with van der Waals surface area (Å²) in [6.45, 7) is 7.72. The lowest BCUT2D eigenvalue weighted by molar-refractivity contribution is 0.274. The molecule has 0 spiro atoms. The molecular formula is C13H28N4O2S. The van der Waals surface area contributed by atoms with Crippen LogP contribution in [0, 0.1) is 11.8 Å². The lowest BCUT2D eigenvalue weighted by Gasteiger charge is -2.30. The zero-order valence-electron chi connectivity index (χ0n) is 12.4. The molecule has 0 aromatic heterocycles. The standard InChI is InChI=1S/C13H28N4O2S/c1-2-16-6-3-13(11-16)10-15-20(18,19)17-7-4-12(9-14)5-8-17/h12-13,15H,2-11,14H2,1H3. The van der Waals surface area contributed by atoms with Crippen molar-refractivity contribution < 1.29 is 8.42 Å². The molecule has 7 heteroatoms. The smallest absolute Gasteiger partial charge is 0.279 e. The van der Waals surface area contributed by atoms with Gasteiger partial charge in [0.15, 0.2) is 0 Å². The van der Waals surface area contributed by atoms with Gasteiger partial charge in [0.1, 0.15) is 0 Å². The van der Waals surface area contributed by atoms with Gasteiger partial charge in [0.05, 0.1) is 0 Å². The van der Waals surface area contributed by atoms with E-state index in [1.807, 2.05) is 0 Å². The van der Waals surface area contributed by atoms with Crippen molar-refractivity contribution in [2.75, 3.05) is 45.8 Å². The molecule has 118 valence electrons.